The van der Waals surface area contributed by atoms with Gasteiger partial charge in [0.25, 0.3) is 11.5 Å². The number of fused-ring (bicyclic) bond motifs is 2. The molecule has 0 atom stereocenters. The van der Waals surface area contributed by atoms with Gasteiger partial charge >= 0.3 is 0 Å². The molecule has 0 aliphatic rings. The van der Waals surface area contributed by atoms with Crippen molar-refractivity contribution in [1.82, 2.24) is 29.6 Å². The van der Waals surface area contributed by atoms with Crippen LogP contribution in [0.15, 0.2) is 47.7 Å². The molecule has 5 rings (SSSR count). The van der Waals surface area contributed by atoms with Gasteiger partial charge in [-0.25, -0.2) is 0 Å². The van der Waals surface area contributed by atoms with E-state index in [2.05, 4.69) is 20.4 Å². The average molecular weight is 557 g/mol. The fraction of sp³-hybridized carbons (Fsp3) is 0.355. The normalized spacial score (nSPS) is 11.9. The lowest BCUT2D eigenvalue weighted by Crippen LogP contribution is -2.32. The van der Waals surface area contributed by atoms with Gasteiger partial charge in [0, 0.05) is 47.9 Å². The molecule has 0 unspecified atom stereocenters. The number of carbonyl (C=O) groups excluding carboxylic acids is 1. The molecule has 0 aliphatic carbocycles. The van der Waals surface area contributed by atoms with Crippen LogP contribution >= 0.6 is 0 Å². The highest BCUT2D eigenvalue weighted by atomic mass is 16.5. The van der Waals surface area contributed by atoms with Gasteiger partial charge in [-0.05, 0) is 63.4 Å². The Morgan fingerprint density at radius 1 is 1.15 bits per heavy atom. The Morgan fingerprint density at radius 2 is 1.90 bits per heavy atom. The van der Waals surface area contributed by atoms with Crippen molar-refractivity contribution >= 4 is 27.7 Å². The number of hydrogen-bond donors (Lipinski definition) is 3. The Kier molecular flexibility index (Phi) is 7.44. The predicted molar refractivity (Wildman–Crippen MR) is 160 cm³/mol. The van der Waals surface area contributed by atoms with E-state index in [1.807, 2.05) is 57.5 Å². The van der Waals surface area contributed by atoms with Gasteiger partial charge in [0.15, 0.2) is 5.75 Å². The van der Waals surface area contributed by atoms with Gasteiger partial charge < -0.3 is 24.7 Å². The van der Waals surface area contributed by atoms with Gasteiger partial charge in [0.2, 0.25) is 0 Å². The molecule has 1 aromatic carbocycles. The van der Waals surface area contributed by atoms with E-state index >= 15 is 0 Å². The summed E-state index contributed by atoms with van der Waals surface area (Å²) < 4.78 is 9.88. The Balaban J connectivity index is 1.79. The van der Waals surface area contributed by atoms with Gasteiger partial charge in [0.05, 0.1) is 29.6 Å². The van der Waals surface area contributed by atoms with E-state index in [0.717, 1.165) is 22.2 Å². The Bertz CT molecular complexity index is 1810. The van der Waals surface area contributed by atoms with Gasteiger partial charge in [-0.15, -0.1) is 0 Å². The van der Waals surface area contributed by atoms with Gasteiger partial charge in [0.1, 0.15) is 17.0 Å². The summed E-state index contributed by atoms with van der Waals surface area (Å²) in [7, 11) is 1.68. The molecule has 0 aliphatic heterocycles. The molecule has 214 valence electrons. The number of rotatable bonds is 9. The zero-order valence-electron chi connectivity index (χ0n) is 24.3. The van der Waals surface area contributed by atoms with Crippen molar-refractivity contribution in [3.8, 4) is 22.6 Å². The molecule has 3 N–H and O–H groups in total. The second-order valence-corrected chi connectivity index (χ2v) is 10.6. The molecule has 0 saturated carbocycles. The summed E-state index contributed by atoms with van der Waals surface area (Å²) >= 11 is 0. The predicted octanol–water partition coefficient (Wildman–Crippen LogP) is 4.99. The number of aromatic amines is 1. The van der Waals surface area contributed by atoms with Crippen LogP contribution in [0.1, 0.15) is 55.4 Å². The summed E-state index contributed by atoms with van der Waals surface area (Å²) in [6, 6.07) is 7.49. The summed E-state index contributed by atoms with van der Waals surface area (Å²) in [5.74, 6) is 0.907. The minimum absolute atomic E-state index is 0.247. The van der Waals surface area contributed by atoms with E-state index in [-0.39, 0.29) is 11.5 Å². The summed E-state index contributed by atoms with van der Waals surface area (Å²) in [4.78, 5) is 33.3. The monoisotopic (exact) mass is 556 g/mol. The van der Waals surface area contributed by atoms with Crippen LogP contribution in [0.25, 0.3) is 32.9 Å². The molecule has 0 fully saturated rings. The highest BCUT2D eigenvalue weighted by molar-refractivity contribution is 6.04. The fourth-order valence-electron chi connectivity index (χ4n) is 5.15. The standard InChI is InChI=1S/C31H36N6O4/c1-7-31(40,8-2)17-37-25-14-21(26(12-20(25)15-34-37)41-28-18(4)10-11-33-19(28)5)23-16-36(6)30(39)27-22(23)13-24(35-27)29(38)32-9-3/h10-16,35,40H,7-9,17H2,1-6H3,(H,32,38). The maximum atomic E-state index is 13.1. The maximum Gasteiger partial charge on any atom is 0.274 e. The van der Waals surface area contributed by atoms with Crippen LogP contribution in [0.4, 0.5) is 0 Å². The van der Waals surface area contributed by atoms with Crippen molar-refractivity contribution in [2.24, 2.45) is 7.05 Å². The molecular formula is C31H36N6O4. The van der Waals surface area contributed by atoms with E-state index < -0.39 is 5.60 Å². The van der Waals surface area contributed by atoms with Gasteiger partial charge in [-0.2, -0.15) is 5.10 Å². The molecular weight excluding hydrogens is 520 g/mol. The van der Waals surface area contributed by atoms with Crippen LogP contribution < -0.4 is 15.6 Å². The first-order valence-electron chi connectivity index (χ1n) is 13.9. The van der Waals surface area contributed by atoms with Crippen molar-refractivity contribution in [1.29, 1.82) is 0 Å². The highest BCUT2D eigenvalue weighted by Crippen LogP contribution is 2.41. The molecule has 0 spiro atoms. The molecule has 0 saturated heterocycles. The van der Waals surface area contributed by atoms with Crippen molar-refractivity contribution < 1.29 is 14.6 Å². The van der Waals surface area contributed by atoms with Gasteiger partial charge in [-0.1, -0.05) is 13.8 Å². The first-order chi connectivity index (χ1) is 19.6. The number of carbonyl (C=O) groups is 1. The van der Waals surface area contributed by atoms with Crippen molar-refractivity contribution in [3.05, 3.63) is 70.2 Å². The van der Waals surface area contributed by atoms with Crippen molar-refractivity contribution in [3.63, 3.8) is 0 Å². The second kappa shape index (κ2) is 10.9. The van der Waals surface area contributed by atoms with Crippen LogP contribution in [0.3, 0.4) is 0 Å². The molecule has 0 bridgehead atoms. The summed E-state index contributed by atoms with van der Waals surface area (Å²) in [5.41, 5.74) is 3.39. The van der Waals surface area contributed by atoms with Crippen molar-refractivity contribution in [2.75, 3.05) is 6.54 Å². The third kappa shape index (κ3) is 5.11. The molecule has 5 aromatic rings. The summed E-state index contributed by atoms with van der Waals surface area (Å²) in [5, 5.41) is 19.9. The average Bonchev–Trinajstić information content (AvgIpc) is 3.57. The van der Waals surface area contributed by atoms with Crippen LogP contribution in [0.5, 0.6) is 11.5 Å². The number of nitrogens with zero attached hydrogens (tertiary/aromatic N) is 4. The van der Waals surface area contributed by atoms with Crippen LogP contribution in [-0.2, 0) is 13.6 Å². The number of ether oxygens (including phenoxy) is 1. The third-order valence-electron chi connectivity index (χ3n) is 7.83. The minimum Gasteiger partial charge on any atom is -0.455 e. The van der Waals surface area contributed by atoms with E-state index in [9.17, 15) is 14.7 Å². The molecule has 4 aromatic heterocycles. The number of amides is 1. The Labute approximate surface area is 238 Å². The van der Waals surface area contributed by atoms with E-state index in [4.69, 9.17) is 4.74 Å². The Hall–Kier alpha value is -4.44. The number of H-pyrrole nitrogens is 1. The minimum atomic E-state index is -0.899. The van der Waals surface area contributed by atoms with Crippen molar-refractivity contribution in [2.45, 2.75) is 59.6 Å². The first kappa shape index (κ1) is 28.1. The van der Waals surface area contributed by atoms with E-state index in [1.165, 1.54) is 4.57 Å². The number of hydrogen-bond acceptors (Lipinski definition) is 6. The number of aromatic nitrogens is 5. The summed E-state index contributed by atoms with van der Waals surface area (Å²) in [6.07, 6.45) is 6.44. The Morgan fingerprint density at radius 3 is 2.59 bits per heavy atom. The maximum absolute atomic E-state index is 13.1. The SMILES string of the molecule is CCNC(=O)c1cc2c(-c3cc4c(cnn4CC(O)(CC)CC)cc3Oc3c(C)ccnc3C)cn(C)c(=O)c2[nH]1. The molecule has 10 heteroatoms. The van der Waals surface area contributed by atoms with Gasteiger partial charge in [-0.3, -0.25) is 19.3 Å². The molecule has 1 amide bonds. The zero-order chi connectivity index (χ0) is 29.5. The number of aliphatic hydroxyl groups is 1. The fourth-order valence-corrected chi connectivity index (χ4v) is 5.15. The lowest BCUT2D eigenvalue weighted by atomic mass is 9.97. The number of benzene rings is 1. The molecule has 41 heavy (non-hydrogen) atoms. The first-order valence-corrected chi connectivity index (χ1v) is 13.9. The van der Waals surface area contributed by atoms with Crippen LogP contribution in [0, 0.1) is 13.8 Å². The lowest BCUT2D eigenvalue weighted by Gasteiger charge is -2.25. The smallest absolute Gasteiger partial charge is 0.274 e. The van der Waals surface area contributed by atoms with Crippen LogP contribution in [0.2, 0.25) is 0 Å². The lowest BCUT2D eigenvalue weighted by molar-refractivity contribution is 0.0131. The quantitative estimate of drug-likeness (QED) is 0.235. The van der Waals surface area contributed by atoms with Crippen LogP contribution in [-0.4, -0.2) is 47.5 Å². The topological polar surface area (TPSA) is 127 Å². The second-order valence-electron chi connectivity index (χ2n) is 10.6. The number of nitrogens with one attached hydrogen (secondary N) is 2. The largest absolute Gasteiger partial charge is 0.455 e. The van der Waals surface area contributed by atoms with E-state index in [1.54, 1.807) is 31.7 Å². The zero-order valence-corrected chi connectivity index (χ0v) is 24.3. The number of pyridine rings is 2. The molecule has 4 heterocycles. The number of aryl methyl sites for hydroxylation is 3. The van der Waals surface area contributed by atoms with E-state index in [0.29, 0.717) is 65.2 Å². The highest BCUT2D eigenvalue weighted by Gasteiger charge is 2.26. The molecule has 10 nitrogen and oxygen atoms in total. The molecule has 0 radical (unpaired) electrons. The third-order valence-corrected chi connectivity index (χ3v) is 7.83. The summed E-state index contributed by atoms with van der Waals surface area (Å²) in [6.45, 7) is 10.4.